The van der Waals surface area contributed by atoms with Gasteiger partial charge < -0.3 is 29.2 Å². The number of rotatable bonds is 8. The summed E-state index contributed by atoms with van der Waals surface area (Å²) in [6.07, 6.45) is 3.97. The van der Waals surface area contributed by atoms with Crippen molar-refractivity contribution in [1.29, 1.82) is 0 Å². The third-order valence-corrected chi connectivity index (χ3v) is 7.75. The minimum absolute atomic E-state index is 0.0367. The molecule has 3 aliphatic heterocycles. The zero-order chi connectivity index (χ0) is 23.1. The van der Waals surface area contributed by atoms with Crippen LogP contribution in [0.1, 0.15) is 24.0 Å². The lowest BCUT2D eigenvalue weighted by molar-refractivity contribution is -0.448. The second-order valence-corrected chi connectivity index (χ2v) is 9.67. The van der Waals surface area contributed by atoms with Crippen molar-refractivity contribution in [2.24, 2.45) is 11.8 Å². The van der Waals surface area contributed by atoms with E-state index >= 15 is 0 Å². The summed E-state index contributed by atoms with van der Waals surface area (Å²) in [5.74, 6) is -0.537. The zero-order valence-corrected chi connectivity index (χ0v) is 19.5. The predicted octanol–water partition coefficient (Wildman–Crippen LogP) is 4.52. The number of nitrogens with one attached hydrogen (secondary N) is 2. The van der Waals surface area contributed by atoms with Crippen molar-refractivity contribution in [1.82, 2.24) is 10.3 Å². The van der Waals surface area contributed by atoms with Crippen LogP contribution in [0, 0.1) is 11.8 Å². The van der Waals surface area contributed by atoms with Gasteiger partial charge in [-0.05, 0) is 48.1 Å². The molecule has 6 heteroatoms. The predicted molar refractivity (Wildman–Crippen MR) is 130 cm³/mol. The highest BCUT2D eigenvalue weighted by atomic mass is 16.8. The number of hydrogen-bond donors (Lipinski definition) is 2. The molecule has 2 aromatic carbocycles. The Labute approximate surface area is 200 Å². The van der Waals surface area contributed by atoms with Crippen LogP contribution in [-0.4, -0.2) is 43.0 Å². The van der Waals surface area contributed by atoms with Gasteiger partial charge in [0, 0.05) is 36.7 Å². The number of fused-ring (bicyclic) bond motifs is 2. The van der Waals surface area contributed by atoms with Crippen LogP contribution in [0.5, 0.6) is 0 Å². The number of benzene rings is 2. The highest BCUT2D eigenvalue weighted by molar-refractivity contribution is 5.83. The summed E-state index contributed by atoms with van der Waals surface area (Å²) >= 11 is 0. The van der Waals surface area contributed by atoms with E-state index in [1.54, 1.807) is 7.11 Å². The van der Waals surface area contributed by atoms with E-state index in [0.717, 1.165) is 36.9 Å². The highest BCUT2D eigenvalue weighted by Gasteiger charge is 2.64. The molecular weight excluding hydrogens is 428 g/mol. The minimum atomic E-state index is -0.729. The molecule has 4 aliphatic rings. The van der Waals surface area contributed by atoms with Gasteiger partial charge in [0.15, 0.2) is 18.4 Å². The summed E-state index contributed by atoms with van der Waals surface area (Å²) in [6, 6.07) is 18.9. The Morgan fingerprint density at radius 2 is 1.97 bits per heavy atom. The maximum atomic E-state index is 6.36. The second kappa shape index (κ2) is 8.95. The molecule has 0 spiro atoms. The summed E-state index contributed by atoms with van der Waals surface area (Å²) in [7, 11) is 1.74. The Kier molecular flexibility index (Phi) is 5.79. The molecule has 1 aliphatic carbocycles. The molecule has 3 aromatic rings. The van der Waals surface area contributed by atoms with Crippen molar-refractivity contribution in [3.8, 4) is 0 Å². The van der Waals surface area contributed by atoms with Crippen LogP contribution in [0.25, 0.3) is 10.9 Å². The molecule has 1 aromatic heterocycles. The third kappa shape index (κ3) is 3.80. The Bertz CT molecular complexity index is 1160. The van der Waals surface area contributed by atoms with E-state index in [1.807, 2.05) is 18.2 Å². The molecule has 178 valence electrons. The van der Waals surface area contributed by atoms with Crippen LogP contribution in [-0.2, 0) is 32.0 Å². The second-order valence-electron chi connectivity index (χ2n) is 9.67. The lowest BCUT2D eigenvalue weighted by Gasteiger charge is -2.61. The molecular formula is C28H32N2O4. The van der Waals surface area contributed by atoms with Crippen LogP contribution in [0.3, 0.4) is 0 Å². The largest absolute Gasteiger partial charge is 0.361 e. The fraction of sp³-hybridized carbons (Fsp3) is 0.429. The van der Waals surface area contributed by atoms with E-state index in [4.69, 9.17) is 18.9 Å². The first-order chi connectivity index (χ1) is 16.7. The van der Waals surface area contributed by atoms with Crippen molar-refractivity contribution in [2.75, 3.05) is 13.7 Å². The third-order valence-electron chi connectivity index (χ3n) is 7.75. The Morgan fingerprint density at radius 1 is 1.15 bits per heavy atom. The molecule has 4 fully saturated rings. The summed E-state index contributed by atoms with van der Waals surface area (Å²) in [6.45, 7) is 5.73. The molecule has 4 bridgehead atoms. The van der Waals surface area contributed by atoms with Crippen molar-refractivity contribution < 1.29 is 18.9 Å². The number of ether oxygens (including phenoxy) is 4. The van der Waals surface area contributed by atoms with Gasteiger partial charge in [0.25, 0.3) is 0 Å². The van der Waals surface area contributed by atoms with Crippen LogP contribution >= 0.6 is 0 Å². The molecule has 3 saturated heterocycles. The topological polar surface area (TPSA) is 64.7 Å². The lowest BCUT2D eigenvalue weighted by atomic mass is 9.66. The first-order valence-corrected chi connectivity index (χ1v) is 12.2. The fourth-order valence-corrected chi connectivity index (χ4v) is 6.05. The van der Waals surface area contributed by atoms with Gasteiger partial charge in [0.1, 0.15) is 0 Å². The zero-order valence-electron chi connectivity index (χ0n) is 19.5. The van der Waals surface area contributed by atoms with Crippen LogP contribution in [0.4, 0.5) is 0 Å². The monoisotopic (exact) mass is 460 g/mol. The van der Waals surface area contributed by atoms with Crippen molar-refractivity contribution in [3.05, 3.63) is 84.1 Å². The Hall–Kier alpha value is -2.48. The van der Waals surface area contributed by atoms with E-state index in [-0.39, 0.29) is 24.2 Å². The summed E-state index contributed by atoms with van der Waals surface area (Å²) < 4.78 is 24.9. The molecule has 2 N–H and O–H groups in total. The quantitative estimate of drug-likeness (QED) is 0.484. The number of methoxy groups -OCH3 is 1. The average molecular weight is 461 g/mol. The van der Waals surface area contributed by atoms with Crippen LogP contribution in [0.2, 0.25) is 0 Å². The van der Waals surface area contributed by atoms with Gasteiger partial charge in [-0.1, -0.05) is 55.1 Å². The van der Waals surface area contributed by atoms with E-state index in [0.29, 0.717) is 6.61 Å². The van der Waals surface area contributed by atoms with Crippen LogP contribution in [0.15, 0.2) is 72.9 Å². The first kappa shape index (κ1) is 22.0. The van der Waals surface area contributed by atoms with Gasteiger partial charge in [-0.15, -0.1) is 0 Å². The van der Waals surface area contributed by atoms with Gasteiger partial charge in [-0.3, -0.25) is 0 Å². The van der Waals surface area contributed by atoms with Gasteiger partial charge in [0.2, 0.25) is 0 Å². The minimum Gasteiger partial charge on any atom is -0.361 e. The normalized spacial score (nSPS) is 32.4. The molecule has 6 nitrogen and oxygen atoms in total. The maximum Gasteiger partial charge on any atom is 0.186 e. The van der Waals surface area contributed by atoms with Crippen molar-refractivity contribution in [2.45, 2.75) is 50.3 Å². The van der Waals surface area contributed by atoms with Gasteiger partial charge in [0.05, 0.1) is 12.5 Å². The number of aromatic amines is 1. The van der Waals surface area contributed by atoms with Crippen LogP contribution < -0.4 is 5.32 Å². The number of aromatic nitrogens is 1. The van der Waals surface area contributed by atoms with Gasteiger partial charge in [-0.25, -0.2) is 0 Å². The number of hydrogen-bond acceptors (Lipinski definition) is 5. The highest BCUT2D eigenvalue weighted by Crippen LogP contribution is 2.56. The van der Waals surface area contributed by atoms with Crippen molar-refractivity contribution in [3.63, 3.8) is 0 Å². The number of H-pyrrole nitrogens is 1. The number of para-hydroxylation sites is 1. The Morgan fingerprint density at radius 3 is 2.82 bits per heavy atom. The lowest BCUT2D eigenvalue weighted by Crippen LogP contribution is -2.69. The van der Waals surface area contributed by atoms with E-state index < -0.39 is 12.1 Å². The summed E-state index contributed by atoms with van der Waals surface area (Å²) in [5, 5.41) is 5.06. The smallest absolute Gasteiger partial charge is 0.186 e. The molecule has 6 atom stereocenters. The SMILES string of the molecule is C=C1[C@H]2O[C@@H](OCc3ccccc3)[C@H]3[C@H]1C[C@H](NCCc1c[nH]c4ccccc14)C[C@@]3(OC)O2. The van der Waals surface area contributed by atoms with E-state index in [2.05, 4.69) is 59.5 Å². The summed E-state index contributed by atoms with van der Waals surface area (Å²) in [5.41, 5.74) is 4.65. The van der Waals surface area contributed by atoms with E-state index in [9.17, 15) is 0 Å². The van der Waals surface area contributed by atoms with Gasteiger partial charge in [-0.2, -0.15) is 0 Å². The molecule has 7 rings (SSSR count). The molecule has 34 heavy (non-hydrogen) atoms. The molecule has 0 radical (unpaired) electrons. The Balaban J connectivity index is 1.13. The van der Waals surface area contributed by atoms with E-state index in [1.165, 1.54) is 16.5 Å². The molecule has 4 heterocycles. The van der Waals surface area contributed by atoms with Gasteiger partial charge >= 0.3 is 0 Å². The fourth-order valence-electron chi connectivity index (χ4n) is 6.05. The first-order valence-electron chi connectivity index (χ1n) is 12.2. The average Bonchev–Trinajstić information content (AvgIpc) is 3.29. The molecule has 1 saturated carbocycles. The van der Waals surface area contributed by atoms with Crippen molar-refractivity contribution >= 4 is 10.9 Å². The molecule has 0 amide bonds. The molecule has 0 unspecified atom stereocenters. The summed E-state index contributed by atoms with van der Waals surface area (Å²) in [4.78, 5) is 3.37. The standard InChI is InChI=1S/C28H32N2O4/c1-18-23-14-21(29-13-12-20-16-30-24-11-7-6-10-22(20)24)15-28(31-2)25(23)27(33-26(18)34-28)32-17-19-8-4-3-5-9-19/h3-11,16,21,23,25-27,29-30H,1,12-15,17H2,2H3/t21-,23-,25+,26-,27+,28+/m0/s1. The maximum absolute atomic E-state index is 6.36.